The van der Waals surface area contributed by atoms with Gasteiger partial charge in [-0.1, -0.05) is 22.9 Å². The molecule has 0 radical (unpaired) electrons. The number of alkyl halides is 3. The molecular weight excluding hydrogens is 299 g/mol. The van der Waals surface area contributed by atoms with Gasteiger partial charge in [0.15, 0.2) is 0 Å². The van der Waals surface area contributed by atoms with Gasteiger partial charge in [-0.15, -0.1) is 0 Å². The number of ether oxygens (including phenoxy) is 1. The zero-order valence-electron chi connectivity index (χ0n) is 9.27. The molecule has 0 amide bonds. The average Bonchev–Trinajstić information content (AvgIpc) is 2.25. The summed E-state index contributed by atoms with van der Waals surface area (Å²) in [5.74, 6) is -0.140. The number of rotatable bonds is 5. The topological polar surface area (TPSA) is 21.3 Å². The van der Waals surface area contributed by atoms with Crippen molar-refractivity contribution in [2.75, 3.05) is 19.7 Å². The maximum absolute atomic E-state index is 12.7. The quantitative estimate of drug-likeness (QED) is 0.841. The maximum Gasteiger partial charge on any atom is 0.420 e. The molecule has 1 aromatic carbocycles. The lowest BCUT2D eigenvalue weighted by Gasteiger charge is -2.14. The van der Waals surface area contributed by atoms with Crippen LogP contribution < -0.4 is 10.1 Å². The Morgan fingerprint density at radius 3 is 2.65 bits per heavy atom. The summed E-state index contributed by atoms with van der Waals surface area (Å²) in [7, 11) is 0. The first kappa shape index (κ1) is 14.3. The van der Waals surface area contributed by atoms with E-state index in [2.05, 4.69) is 21.2 Å². The molecule has 0 atom stereocenters. The van der Waals surface area contributed by atoms with E-state index in [1.807, 2.05) is 6.92 Å². The second-order valence-corrected chi connectivity index (χ2v) is 4.26. The van der Waals surface area contributed by atoms with Crippen LogP contribution in [-0.4, -0.2) is 19.7 Å². The maximum atomic E-state index is 12.7. The summed E-state index contributed by atoms with van der Waals surface area (Å²) in [6.07, 6.45) is -4.41. The van der Waals surface area contributed by atoms with E-state index in [0.717, 1.165) is 12.6 Å². The van der Waals surface area contributed by atoms with Crippen LogP contribution >= 0.6 is 15.9 Å². The van der Waals surface area contributed by atoms with E-state index in [1.165, 1.54) is 12.1 Å². The van der Waals surface area contributed by atoms with Crippen molar-refractivity contribution in [1.29, 1.82) is 0 Å². The molecule has 1 N–H and O–H groups in total. The lowest BCUT2D eigenvalue weighted by molar-refractivity contribution is -0.139. The molecule has 0 aliphatic heterocycles. The van der Waals surface area contributed by atoms with Crippen molar-refractivity contribution in [2.45, 2.75) is 13.1 Å². The largest absolute Gasteiger partial charge is 0.492 e. The lowest BCUT2D eigenvalue weighted by atomic mass is 10.2. The third kappa shape index (κ3) is 4.55. The Hall–Kier alpha value is -0.750. The van der Waals surface area contributed by atoms with E-state index in [4.69, 9.17) is 4.74 Å². The van der Waals surface area contributed by atoms with E-state index in [1.54, 1.807) is 0 Å². The highest BCUT2D eigenvalue weighted by Gasteiger charge is 2.34. The number of hydrogen-bond acceptors (Lipinski definition) is 2. The molecule has 0 fully saturated rings. The predicted octanol–water partition coefficient (Wildman–Crippen LogP) is 3.46. The first-order chi connectivity index (χ1) is 7.95. The summed E-state index contributed by atoms with van der Waals surface area (Å²) < 4.78 is 43.6. The molecule has 0 aliphatic rings. The Morgan fingerprint density at radius 1 is 1.35 bits per heavy atom. The van der Waals surface area contributed by atoms with Crippen molar-refractivity contribution in [1.82, 2.24) is 5.32 Å². The molecule has 6 heteroatoms. The molecule has 1 aromatic rings. The van der Waals surface area contributed by atoms with Gasteiger partial charge in [0.05, 0.1) is 5.56 Å². The second kappa shape index (κ2) is 6.26. The van der Waals surface area contributed by atoms with Gasteiger partial charge in [0, 0.05) is 11.0 Å². The minimum absolute atomic E-state index is 0.140. The normalized spacial score (nSPS) is 11.6. The standard InChI is InChI=1S/C11H13BrF3NO/c1-2-16-5-6-17-10-4-3-8(12)7-9(10)11(13,14)15/h3-4,7,16H,2,5-6H2,1H3. The summed E-state index contributed by atoms with van der Waals surface area (Å²) in [5.41, 5.74) is -0.761. The molecule has 0 aliphatic carbocycles. The van der Waals surface area contributed by atoms with Crippen LogP contribution in [0, 0.1) is 0 Å². The number of hydrogen-bond donors (Lipinski definition) is 1. The van der Waals surface area contributed by atoms with E-state index < -0.39 is 11.7 Å². The van der Waals surface area contributed by atoms with E-state index in [-0.39, 0.29) is 12.4 Å². The van der Waals surface area contributed by atoms with Crippen molar-refractivity contribution in [3.8, 4) is 5.75 Å². The minimum atomic E-state index is -4.41. The Kier molecular flexibility index (Phi) is 5.27. The summed E-state index contributed by atoms with van der Waals surface area (Å²) >= 11 is 3.01. The molecular formula is C11H13BrF3NO. The summed E-state index contributed by atoms with van der Waals surface area (Å²) in [4.78, 5) is 0. The van der Waals surface area contributed by atoms with Crippen LogP contribution in [0.5, 0.6) is 5.75 Å². The van der Waals surface area contributed by atoms with Crippen LogP contribution in [-0.2, 0) is 6.18 Å². The Bertz CT molecular complexity index is 368. The molecule has 2 nitrogen and oxygen atoms in total. The van der Waals surface area contributed by atoms with Gasteiger partial charge in [-0.05, 0) is 24.7 Å². The highest BCUT2D eigenvalue weighted by Crippen LogP contribution is 2.37. The second-order valence-electron chi connectivity index (χ2n) is 3.34. The van der Waals surface area contributed by atoms with Crippen LogP contribution in [0.3, 0.4) is 0 Å². The Labute approximate surface area is 106 Å². The molecule has 0 spiro atoms. The molecule has 17 heavy (non-hydrogen) atoms. The average molecular weight is 312 g/mol. The predicted molar refractivity (Wildman–Crippen MR) is 63.2 cm³/mol. The lowest BCUT2D eigenvalue weighted by Crippen LogP contribution is -2.21. The highest BCUT2D eigenvalue weighted by molar-refractivity contribution is 9.10. The highest BCUT2D eigenvalue weighted by atomic mass is 79.9. The van der Waals surface area contributed by atoms with Gasteiger partial charge in [0.25, 0.3) is 0 Å². The van der Waals surface area contributed by atoms with Crippen LogP contribution in [0.2, 0.25) is 0 Å². The molecule has 1 rings (SSSR count). The first-order valence-corrected chi connectivity index (χ1v) is 5.94. The Balaban J connectivity index is 2.77. The molecule has 0 unspecified atom stereocenters. The molecule has 0 heterocycles. The SMILES string of the molecule is CCNCCOc1ccc(Br)cc1C(F)(F)F. The first-order valence-electron chi connectivity index (χ1n) is 5.15. The monoisotopic (exact) mass is 311 g/mol. The zero-order valence-corrected chi connectivity index (χ0v) is 10.9. The van der Waals surface area contributed by atoms with Gasteiger partial charge < -0.3 is 10.1 Å². The fraction of sp³-hybridized carbons (Fsp3) is 0.455. The van der Waals surface area contributed by atoms with E-state index >= 15 is 0 Å². The number of nitrogens with one attached hydrogen (secondary N) is 1. The Morgan fingerprint density at radius 2 is 2.06 bits per heavy atom. The summed E-state index contributed by atoms with van der Waals surface area (Å²) in [6, 6.07) is 3.86. The van der Waals surface area contributed by atoms with Crippen LogP contribution in [0.4, 0.5) is 13.2 Å². The van der Waals surface area contributed by atoms with Gasteiger partial charge >= 0.3 is 6.18 Å². The third-order valence-corrected chi connectivity index (χ3v) is 2.53. The van der Waals surface area contributed by atoms with Crippen molar-refractivity contribution in [2.24, 2.45) is 0 Å². The number of benzene rings is 1. The summed E-state index contributed by atoms with van der Waals surface area (Å²) in [6.45, 7) is 3.40. The molecule has 0 saturated heterocycles. The van der Waals surface area contributed by atoms with Crippen molar-refractivity contribution >= 4 is 15.9 Å². The smallest absolute Gasteiger partial charge is 0.420 e. The van der Waals surface area contributed by atoms with Gasteiger partial charge in [-0.2, -0.15) is 13.2 Å². The third-order valence-electron chi connectivity index (χ3n) is 2.03. The van der Waals surface area contributed by atoms with Crippen LogP contribution in [0.15, 0.2) is 22.7 Å². The minimum Gasteiger partial charge on any atom is -0.492 e. The molecule has 0 aromatic heterocycles. The van der Waals surface area contributed by atoms with Crippen molar-refractivity contribution in [3.05, 3.63) is 28.2 Å². The van der Waals surface area contributed by atoms with E-state index in [9.17, 15) is 13.2 Å². The molecule has 0 bridgehead atoms. The van der Waals surface area contributed by atoms with Gasteiger partial charge in [0.2, 0.25) is 0 Å². The van der Waals surface area contributed by atoms with E-state index in [0.29, 0.717) is 11.0 Å². The van der Waals surface area contributed by atoms with Gasteiger partial charge in [-0.25, -0.2) is 0 Å². The number of likely N-dealkylation sites (N-methyl/N-ethyl adjacent to an activating group) is 1. The fourth-order valence-electron chi connectivity index (χ4n) is 1.26. The van der Waals surface area contributed by atoms with Crippen molar-refractivity contribution in [3.63, 3.8) is 0 Å². The number of halogens is 4. The molecule has 96 valence electrons. The summed E-state index contributed by atoms with van der Waals surface area (Å²) in [5, 5.41) is 2.97. The van der Waals surface area contributed by atoms with Crippen LogP contribution in [0.25, 0.3) is 0 Å². The van der Waals surface area contributed by atoms with Gasteiger partial charge in [0.1, 0.15) is 12.4 Å². The van der Waals surface area contributed by atoms with Gasteiger partial charge in [-0.3, -0.25) is 0 Å². The molecule has 0 saturated carbocycles. The zero-order chi connectivity index (χ0) is 12.9. The van der Waals surface area contributed by atoms with Crippen molar-refractivity contribution < 1.29 is 17.9 Å². The van der Waals surface area contributed by atoms with Crippen LogP contribution in [0.1, 0.15) is 12.5 Å². The fourth-order valence-corrected chi connectivity index (χ4v) is 1.62.